The second-order valence-corrected chi connectivity index (χ2v) is 6.56. The van der Waals surface area contributed by atoms with Gasteiger partial charge in [-0.3, -0.25) is 0 Å². The largest absolute Gasteiger partial charge is 0.312 e. The third kappa shape index (κ3) is 4.05. The highest BCUT2D eigenvalue weighted by Gasteiger charge is 2.17. The number of likely N-dealkylation sites (tertiary alicyclic amines) is 1. The van der Waals surface area contributed by atoms with Crippen molar-refractivity contribution < 1.29 is 0 Å². The number of thiophene rings is 1. The summed E-state index contributed by atoms with van der Waals surface area (Å²) in [6.45, 7) is 8.21. The molecule has 1 N–H and O–H groups in total. The van der Waals surface area contributed by atoms with Crippen molar-refractivity contribution in [3.8, 4) is 0 Å². The lowest BCUT2D eigenvalue weighted by molar-refractivity contribution is 0.190. The van der Waals surface area contributed by atoms with Crippen molar-refractivity contribution in [1.82, 2.24) is 10.2 Å². The Morgan fingerprint density at radius 1 is 1.47 bits per heavy atom. The lowest BCUT2D eigenvalue weighted by atomic mass is 9.97. The van der Waals surface area contributed by atoms with Crippen LogP contribution in [0.3, 0.4) is 0 Å². The van der Waals surface area contributed by atoms with Gasteiger partial charge < -0.3 is 10.2 Å². The Kier molecular flexibility index (Phi) is 5.48. The van der Waals surface area contributed by atoms with Gasteiger partial charge in [0.15, 0.2) is 0 Å². The average molecular weight is 317 g/mol. The molecular weight excluding hydrogens is 296 g/mol. The van der Waals surface area contributed by atoms with Gasteiger partial charge in [0.05, 0.1) is 0 Å². The molecule has 1 aromatic heterocycles. The van der Waals surface area contributed by atoms with Gasteiger partial charge in [-0.05, 0) is 72.3 Å². The van der Waals surface area contributed by atoms with E-state index < -0.39 is 0 Å². The first-order valence-corrected chi connectivity index (χ1v) is 8.11. The van der Waals surface area contributed by atoms with Gasteiger partial charge in [0, 0.05) is 15.9 Å². The molecule has 0 spiro atoms. The summed E-state index contributed by atoms with van der Waals surface area (Å²) in [6, 6.07) is 2.13. The Balaban J connectivity index is 1.65. The van der Waals surface area contributed by atoms with Gasteiger partial charge in [-0.1, -0.05) is 6.92 Å². The molecule has 2 heterocycles. The van der Waals surface area contributed by atoms with Crippen LogP contribution in [0.2, 0.25) is 0 Å². The molecule has 1 fully saturated rings. The highest BCUT2D eigenvalue weighted by atomic mass is 79.9. The van der Waals surface area contributed by atoms with Crippen LogP contribution in [-0.2, 0) is 6.54 Å². The summed E-state index contributed by atoms with van der Waals surface area (Å²) in [5, 5.41) is 5.73. The first-order valence-electron chi connectivity index (χ1n) is 6.44. The molecule has 0 radical (unpaired) electrons. The van der Waals surface area contributed by atoms with E-state index in [9.17, 15) is 0 Å². The molecule has 1 aliphatic heterocycles. The van der Waals surface area contributed by atoms with Gasteiger partial charge in [0.1, 0.15) is 0 Å². The second-order valence-electron chi connectivity index (χ2n) is 4.70. The normalized spacial score (nSPS) is 18.7. The molecule has 0 aromatic carbocycles. The fourth-order valence-electron chi connectivity index (χ4n) is 2.35. The van der Waals surface area contributed by atoms with Crippen LogP contribution in [0, 0.1) is 5.92 Å². The first-order chi connectivity index (χ1) is 8.29. The van der Waals surface area contributed by atoms with Crippen molar-refractivity contribution in [1.29, 1.82) is 0 Å². The SMILES string of the molecule is CCN1CCC(CNCc2sccc2Br)CC1. The van der Waals surface area contributed by atoms with Crippen molar-refractivity contribution in [2.24, 2.45) is 5.92 Å². The maximum absolute atomic E-state index is 3.59. The second kappa shape index (κ2) is 6.88. The molecule has 0 amide bonds. The van der Waals surface area contributed by atoms with Gasteiger partial charge >= 0.3 is 0 Å². The number of rotatable bonds is 5. The Hall–Kier alpha value is 0.100. The third-order valence-electron chi connectivity index (χ3n) is 3.56. The van der Waals surface area contributed by atoms with E-state index in [2.05, 4.69) is 44.5 Å². The fraction of sp³-hybridized carbons (Fsp3) is 0.692. The molecule has 1 saturated heterocycles. The quantitative estimate of drug-likeness (QED) is 0.896. The number of piperidine rings is 1. The molecular formula is C13H21BrN2S. The van der Waals surface area contributed by atoms with Crippen LogP contribution >= 0.6 is 27.3 Å². The minimum absolute atomic E-state index is 0.872. The van der Waals surface area contributed by atoms with Crippen LogP contribution in [0.4, 0.5) is 0 Å². The van der Waals surface area contributed by atoms with E-state index in [0.29, 0.717) is 0 Å². The lowest BCUT2D eigenvalue weighted by Crippen LogP contribution is -2.36. The number of halogens is 1. The topological polar surface area (TPSA) is 15.3 Å². The molecule has 96 valence electrons. The third-order valence-corrected chi connectivity index (χ3v) is 5.49. The molecule has 0 atom stereocenters. The molecule has 17 heavy (non-hydrogen) atoms. The van der Waals surface area contributed by atoms with E-state index in [4.69, 9.17) is 0 Å². The average Bonchev–Trinajstić information content (AvgIpc) is 2.76. The van der Waals surface area contributed by atoms with Crippen LogP contribution in [0.1, 0.15) is 24.6 Å². The molecule has 2 nitrogen and oxygen atoms in total. The van der Waals surface area contributed by atoms with E-state index in [0.717, 1.165) is 12.5 Å². The van der Waals surface area contributed by atoms with Gasteiger partial charge in [-0.2, -0.15) is 0 Å². The van der Waals surface area contributed by atoms with Gasteiger partial charge in [-0.25, -0.2) is 0 Å². The van der Waals surface area contributed by atoms with Gasteiger partial charge in [-0.15, -0.1) is 11.3 Å². The standard InChI is InChI=1S/C13H21BrN2S/c1-2-16-6-3-11(4-7-16)9-15-10-13-12(14)5-8-17-13/h5,8,11,15H,2-4,6-7,9-10H2,1H3. The Morgan fingerprint density at radius 3 is 2.82 bits per heavy atom. The van der Waals surface area contributed by atoms with E-state index in [1.54, 1.807) is 0 Å². The molecule has 4 heteroatoms. The highest BCUT2D eigenvalue weighted by molar-refractivity contribution is 9.10. The van der Waals surface area contributed by atoms with Crippen LogP contribution in [0.25, 0.3) is 0 Å². The van der Waals surface area contributed by atoms with E-state index in [-0.39, 0.29) is 0 Å². The van der Waals surface area contributed by atoms with E-state index in [1.807, 2.05) is 11.3 Å². The minimum atomic E-state index is 0.872. The Bertz CT molecular complexity index is 332. The molecule has 1 aromatic rings. The number of nitrogens with one attached hydrogen (secondary N) is 1. The van der Waals surface area contributed by atoms with Crippen LogP contribution < -0.4 is 5.32 Å². The molecule has 0 saturated carbocycles. The van der Waals surface area contributed by atoms with Crippen molar-refractivity contribution in [3.63, 3.8) is 0 Å². The van der Waals surface area contributed by atoms with Crippen LogP contribution in [0.5, 0.6) is 0 Å². The highest BCUT2D eigenvalue weighted by Crippen LogP contribution is 2.22. The fourth-order valence-corrected chi connectivity index (χ4v) is 3.81. The van der Waals surface area contributed by atoms with Crippen LogP contribution in [-0.4, -0.2) is 31.1 Å². The van der Waals surface area contributed by atoms with Crippen molar-refractivity contribution in [3.05, 3.63) is 20.8 Å². The number of hydrogen-bond donors (Lipinski definition) is 1. The maximum Gasteiger partial charge on any atom is 0.0327 e. The monoisotopic (exact) mass is 316 g/mol. The predicted octanol–water partition coefficient (Wildman–Crippen LogP) is 3.33. The Labute approximate surface area is 117 Å². The van der Waals surface area contributed by atoms with E-state index >= 15 is 0 Å². The summed E-state index contributed by atoms with van der Waals surface area (Å²) in [5.41, 5.74) is 0. The van der Waals surface area contributed by atoms with E-state index in [1.165, 1.54) is 48.4 Å². The molecule has 0 aliphatic carbocycles. The Morgan fingerprint density at radius 2 is 2.24 bits per heavy atom. The van der Waals surface area contributed by atoms with Gasteiger partial charge in [0.25, 0.3) is 0 Å². The summed E-state index contributed by atoms with van der Waals surface area (Å²) in [7, 11) is 0. The van der Waals surface area contributed by atoms with Gasteiger partial charge in [0.2, 0.25) is 0 Å². The predicted molar refractivity (Wildman–Crippen MR) is 78.6 cm³/mol. The van der Waals surface area contributed by atoms with Crippen molar-refractivity contribution >= 4 is 27.3 Å². The van der Waals surface area contributed by atoms with Crippen molar-refractivity contribution in [2.45, 2.75) is 26.3 Å². The smallest absolute Gasteiger partial charge is 0.0327 e. The molecule has 0 unspecified atom stereocenters. The summed E-state index contributed by atoms with van der Waals surface area (Å²) < 4.78 is 1.25. The zero-order chi connectivity index (χ0) is 12.1. The van der Waals surface area contributed by atoms with Crippen LogP contribution in [0.15, 0.2) is 15.9 Å². The first kappa shape index (κ1) is 13.5. The summed E-state index contributed by atoms with van der Waals surface area (Å²) in [5.74, 6) is 0.872. The zero-order valence-corrected chi connectivity index (χ0v) is 12.8. The number of hydrogen-bond acceptors (Lipinski definition) is 3. The minimum Gasteiger partial charge on any atom is -0.312 e. The summed E-state index contributed by atoms with van der Waals surface area (Å²) in [6.07, 6.45) is 2.71. The molecule has 1 aliphatic rings. The lowest BCUT2D eigenvalue weighted by Gasteiger charge is -2.31. The molecule has 2 rings (SSSR count). The molecule has 0 bridgehead atoms. The summed E-state index contributed by atoms with van der Waals surface area (Å²) >= 11 is 5.40. The maximum atomic E-state index is 3.59. The zero-order valence-electron chi connectivity index (χ0n) is 10.4. The summed E-state index contributed by atoms with van der Waals surface area (Å²) in [4.78, 5) is 3.96. The number of nitrogens with zero attached hydrogens (tertiary/aromatic N) is 1. The van der Waals surface area contributed by atoms with Crippen molar-refractivity contribution in [2.75, 3.05) is 26.2 Å².